The highest BCUT2D eigenvalue weighted by Crippen LogP contribution is 2.36. The van der Waals surface area contributed by atoms with Crippen LogP contribution >= 0.6 is 0 Å². The smallest absolute Gasteiger partial charge is 0.0162 e. The Morgan fingerprint density at radius 3 is 2.25 bits per heavy atom. The summed E-state index contributed by atoms with van der Waals surface area (Å²) in [5.74, 6) is 1.57. The lowest BCUT2D eigenvalue weighted by molar-refractivity contribution is 0.376. The molecule has 0 heteroatoms. The van der Waals surface area contributed by atoms with Gasteiger partial charge in [0.25, 0.3) is 0 Å². The molecule has 1 aromatic carbocycles. The molecule has 0 radical (unpaired) electrons. The molecule has 1 saturated carbocycles. The van der Waals surface area contributed by atoms with Crippen LogP contribution in [0.25, 0.3) is 0 Å². The Bertz CT molecular complexity index is 449. The topological polar surface area (TPSA) is 0 Å². The van der Waals surface area contributed by atoms with Crippen molar-refractivity contribution in [3.8, 4) is 0 Å². The van der Waals surface area contributed by atoms with Gasteiger partial charge in [-0.25, -0.2) is 0 Å². The Balaban J connectivity index is 1.87. The summed E-state index contributed by atoms with van der Waals surface area (Å²) in [5.41, 5.74) is 4.38. The van der Waals surface area contributed by atoms with Crippen molar-refractivity contribution in [2.75, 3.05) is 0 Å². The maximum absolute atomic E-state index is 2.41. The number of hydrogen-bond donors (Lipinski definition) is 0. The Hall–Kier alpha value is -1.30. The molecule has 0 amide bonds. The second-order valence-corrected chi connectivity index (χ2v) is 6.34. The predicted molar refractivity (Wildman–Crippen MR) is 89.1 cm³/mol. The number of benzene rings is 1. The maximum Gasteiger partial charge on any atom is -0.0162 e. The van der Waals surface area contributed by atoms with Crippen LogP contribution in [0.3, 0.4) is 0 Å². The van der Waals surface area contributed by atoms with Crippen LogP contribution in [0.1, 0.15) is 63.5 Å². The molecule has 0 atom stereocenters. The van der Waals surface area contributed by atoms with E-state index in [9.17, 15) is 0 Å². The van der Waals surface area contributed by atoms with E-state index in [1.165, 1.54) is 36.8 Å². The molecule has 0 unspecified atom stereocenters. The first-order valence-electron chi connectivity index (χ1n) is 8.09. The highest BCUT2D eigenvalue weighted by Gasteiger charge is 2.20. The molecule has 1 aromatic rings. The fourth-order valence-corrected chi connectivity index (χ4v) is 3.08. The van der Waals surface area contributed by atoms with E-state index in [1.807, 2.05) is 0 Å². The molecule has 20 heavy (non-hydrogen) atoms. The molecule has 1 aliphatic carbocycles. The van der Waals surface area contributed by atoms with Gasteiger partial charge in [-0.1, -0.05) is 55.0 Å². The van der Waals surface area contributed by atoms with Crippen molar-refractivity contribution in [3.63, 3.8) is 0 Å². The second kappa shape index (κ2) is 7.47. The Morgan fingerprint density at radius 1 is 1.05 bits per heavy atom. The van der Waals surface area contributed by atoms with E-state index < -0.39 is 0 Å². The van der Waals surface area contributed by atoms with Crippen molar-refractivity contribution in [2.24, 2.45) is 5.92 Å². The van der Waals surface area contributed by atoms with Gasteiger partial charge in [-0.3, -0.25) is 0 Å². The molecule has 0 aromatic heterocycles. The molecule has 0 saturated heterocycles. The van der Waals surface area contributed by atoms with Crippen molar-refractivity contribution in [1.29, 1.82) is 0 Å². The molecule has 2 rings (SSSR count). The van der Waals surface area contributed by atoms with E-state index >= 15 is 0 Å². The summed E-state index contributed by atoms with van der Waals surface area (Å²) in [6.45, 7) is 6.53. The zero-order valence-corrected chi connectivity index (χ0v) is 13.2. The summed E-state index contributed by atoms with van der Waals surface area (Å²) in [7, 11) is 0. The van der Waals surface area contributed by atoms with Gasteiger partial charge < -0.3 is 0 Å². The number of allylic oxidation sites excluding steroid dienone is 4. The van der Waals surface area contributed by atoms with Gasteiger partial charge in [0.05, 0.1) is 0 Å². The molecule has 0 heterocycles. The molecule has 108 valence electrons. The van der Waals surface area contributed by atoms with Crippen LogP contribution in [0.2, 0.25) is 0 Å². The first-order valence-corrected chi connectivity index (χ1v) is 8.09. The summed E-state index contributed by atoms with van der Waals surface area (Å²) in [4.78, 5) is 0. The lowest BCUT2D eigenvalue weighted by atomic mass is 9.78. The first kappa shape index (κ1) is 15.1. The van der Waals surface area contributed by atoms with Crippen molar-refractivity contribution < 1.29 is 0 Å². The average Bonchev–Trinajstić information content (AvgIpc) is 2.48. The molecule has 0 nitrogen and oxygen atoms in total. The first-order chi connectivity index (χ1) is 9.69. The number of rotatable bonds is 4. The molecule has 1 fully saturated rings. The second-order valence-electron chi connectivity index (χ2n) is 6.34. The summed E-state index contributed by atoms with van der Waals surface area (Å²) in [5, 5.41) is 0. The van der Waals surface area contributed by atoms with Crippen molar-refractivity contribution >= 4 is 0 Å². The minimum absolute atomic E-state index is 0.786. The third kappa shape index (κ3) is 4.37. The van der Waals surface area contributed by atoms with Gasteiger partial charge in [-0.15, -0.1) is 0 Å². The van der Waals surface area contributed by atoms with Gasteiger partial charge in [0.15, 0.2) is 0 Å². The third-order valence-corrected chi connectivity index (χ3v) is 4.44. The molecular formula is C20H28. The SMILES string of the molecule is CCc1ccc(C2CCC(C=CC=C(C)C)CC2)cc1. The van der Waals surface area contributed by atoms with E-state index in [1.54, 1.807) is 5.56 Å². The van der Waals surface area contributed by atoms with E-state index in [0.29, 0.717) is 0 Å². The van der Waals surface area contributed by atoms with Crippen LogP contribution in [0.15, 0.2) is 48.1 Å². The fraction of sp³-hybridized carbons (Fsp3) is 0.500. The van der Waals surface area contributed by atoms with Gasteiger partial charge in [-0.2, -0.15) is 0 Å². The van der Waals surface area contributed by atoms with Gasteiger partial charge in [0.2, 0.25) is 0 Å². The Labute approximate surface area is 124 Å². The van der Waals surface area contributed by atoms with E-state index in [0.717, 1.165) is 18.3 Å². The molecular weight excluding hydrogens is 240 g/mol. The summed E-state index contributed by atoms with van der Waals surface area (Å²) in [6, 6.07) is 9.30. The highest BCUT2D eigenvalue weighted by atomic mass is 14.2. The van der Waals surface area contributed by atoms with Crippen molar-refractivity contribution in [3.05, 3.63) is 59.2 Å². The van der Waals surface area contributed by atoms with E-state index in [-0.39, 0.29) is 0 Å². The van der Waals surface area contributed by atoms with Crippen LogP contribution in [0.5, 0.6) is 0 Å². The molecule has 0 bridgehead atoms. The summed E-state index contributed by atoms with van der Waals surface area (Å²) < 4.78 is 0. The summed E-state index contributed by atoms with van der Waals surface area (Å²) in [6.07, 6.45) is 13.4. The number of hydrogen-bond acceptors (Lipinski definition) is 0. The van der Waals surface area contributed by atoms with Crippen LogP contribution in [0, 0.1) is 5.92 Å². The lowest BCUT2D eigenvalue weighted by Crippen LogP contribution is -2.11. The normalized spacial score (nSPS) is 22.9. The third-order valence-electron chi connectivity index (χ3n) is 4.44. The molecule has 0 spiro atoms. The fourth-order valence-electron chi connectivity index (χ4n) is 3.08. The largest absolute Gasteiger partial charge is 0.0814 e. The highest BCUT2D eigenvalue weighted by molar-refractivity contribution is 5.26. The molecule has 0 aliphatic heterocycles. The van der Waals surface area contributed by atoms with Gasteiger partial charge in [0, 0.05) is 0 Å². The molecule has 1 aliphatic rings. The van der Waals surface area contributed by atoms with E-state index in [2.05, 4.69) is 63.3 Å². The lowest BCUT2D eigenvalue weighted by Gasteiger charge is -2.27. The predicted octanol–water partition coefficient (Wildman–Crippen LogP) is 6.05. The van der Waals surface area contributed by atoms with Crippen LogP contribution < -0.4 is 0 Å². The average molecular weight is 268 g/mol. The van der Waals surface area contributed by atoms with Gasteiger partial charge >= 0.3 is 0 Å². The summed E-state index contributed by atoms with van der Waals surface area (Å²) >= 11 is 0. The van der Waals surface area contributed by atoms with E-state index in [4.69, 9.17) is 0 Å². The van der Waals surface area contributed by atoms with Crippen LogP contribution in [0.4, 0.5) is 0 Å². The monoisotopic (exact) mass is 268 g/mol. The van der Waals surface area contributed by atoms with Crippen LogP contribution in [-0.4, -0.2) is 0 Å². The van der Waals surface area contributed by atoms with Gasteiger partial charge in [0.1, 0.15) is 0 Å². The number of aryl methyl sites for hydroxylation is 1. The Kier molecular flexibility index (Phi) is 5.64. The minimum atomic E-state index is 0.786. The van der Waals surface area contributed by atoms with Crippen molar-refractivity contribution in [1.82, 2.24) is 0 Å². The minimum Gasteiger partial charge on any atom is -0.0814 e. The quantitative estimate of drug-likeness (QED) is 0.583. The Morgan fingerprint density at radius 2 is 1.70 bits per heavy atom. The molecule has 0 N–H and O–H groups in total. The zero-order chi connectivity index (χ0) is 14.4. The standard InChI is InChI=1S/C20H28/c1-4-17-8-12-19(13-9-17)20-14-10-18(11-15-20)7-5-6-16(2)3/h5-9,12-13,18,20H,4,10-11,14-15H2,1-3H3. The maximum atomic E-state index is 2.41. The zero-order valence-electron chi connectivity index (χ0n) is 13.2. The van der Waals surface area contributed by atoms with Crippen molar-refractivity contribution in [2.45, 2.75) is 58.8 Å². The van der Waals surface area contributed by atoms with Crippen LogP contribution in [-0.2, 0) is 6.42 Å². The van der Waals surface area contributed by atoms with Gasteiger partial charge in [-0.05, 0) is 68.9 Å².